The number of hydrogen-bond acceptors (Lipinski definition) is 3. The average molecular weight is 218 g/mol. The number of aliphatic carboxylic acids is 1. The van der Waals surface area contributed by atoms with Crippen molar-refractivity contribution in [1.29, 1.82) is 5.26 Å². The molecular weight excluding hydrogens is 204 g/mol. The predicted octanol–water partition coefficient (Wildman–Crippen LogP) is 2.14. The minimum atomic E-state index is -0.799. The van der Waals surface area contributed by atoms with Crippen molar-refractivity contribution in [2.75, 3.05) is 11.9 Å². The summed E-state index contributed by atoms with van der Waals surface area (Å²) in [5.74, 6) is -0.799. The highest BCUT2D eigenvalue weighted by atomic mass is 16.4. The predicted molar refractivity (Wildman–Crippen MR) is 61.3 cm³/mol. The highest BCUT2D eigenvalue weighted by Gasteiger charge is 2.04. The first kappa shape index (κ1) is 12.1. The molecule has 0 saturated heterocycles. The summed E-state index contributed by atoms with van der Waals surface area (Å²) in [7, 11) is 0. The van der Waals surface area contributed by atoms with Crippen LogP contribution >= 0.6 is 0 Å². The van der Waals surface area contributed by atoms with Gasteiger partial charge in [-0.2, -0.15) is 5.26 Å². The summed E-state index contributed by atoms with van der Waals surface area (Å²) in [6.45, 7) is 2.44. The number of nitriles is 1. The number of nitrogens with one attached hydrogen (secondary N) is 1. The van der Waals surface area contributed by atoms with E-state index in [2.05, 4.69) is 11.4 Å². The number of aryl methyl sites for hydroxylation is 1. The Morgan fingerprint density at radius 2 is 2.31 bits per heavy atom. The lowest BCUT2D eigenvalue weighted by Gasteiger charge is -2.08. The van der Waals surface area contributed by atoms with Crippen molar-refractivity contribution in [3.05, 3.63) is 29.3 Å². The smallest absolute Gasteiger partial charge is 0.303 e. The maximum atomic E-state index is 10.3. The molecule has 1 aromatic rings. The van der Waals surface area contributed by atoms with Crippen molar-refractivity contribution in [3.63, 3.8) is 0 Å². The van der Waals surface area contributed by atoms with Gasteiger partial charge in [-0.15, -0.1) is 0 Å². The molecule has 0 fully saturated rings. The first-order valence-electron chi connectivity index (χ1n) is 5.10. The Kier molecular flexibility index (Phi) is 4.34. The summed E-state index contributed by atoms with van der Waals surface area (Å²) in [6.07, 6.45) is 0.689. The van der Waals surface area contributed by atoms with E-state index < -0.39 is 5.97 Å². The monoisotopic (exact) mass is 218 g/mol. The zero-order valence-corrected chi connectivity index (χ0v) is 9.16. The second kappa shape index (κ2) is 5.76. The first-order chi connectivity index (χ1) is 7.65. The third-order valence-corrected chi connectivity index (χ3v) is 2.27. The van der Waals surface area contributed by atoms with Crippen LogP contribution in [0.5, 0.6) is 0 Å². The summed E-state index contributed by atoms with van der Waals surface area (Å²) in [5.41, 5.74) is 2.32. The van der Waals surface area contributed by atoms with Gasteiger partial charge in [0, 0.05) is 13.0 Å². The lowest BCUT2D eigenvalue weighted by molar-refractivity contribution is -0.137. The van der Waals surface area contributed by atoms with Gasteiger partial charge >= 0.3 is 5.97 Å². The van der Waals surface area contributed by atoms with E-state index in [9.17, 15) is 4.79 Å². The van der Waals surface area contributed by atoms with E-state index in [1.54, 1.807) is 0 Å². The highest BCUT2D eigenvalue weighted by Crippen LogP contribution is 2.18. The lowest BCUT2D eigenvalue weighted by Crippen LogP contribution is -2.06. The highest BCUT2D eigenvalue weighted by molar-refractivity contribution is 5.66. The molecule has 0 heterocycles. The van der Waals surface area contributed by atoms with Gasteiger partial charge in [0.25, 0.3) is 0 Å². The van der Waals surface area contributed by atoms with Crippen LogP contribution in [-0.4, -0.2) is 17.6 Å². The maximum Gasteiger partial charge on any atom is 0.303 e. The zero-order valence-electron chi connectivity index (χ0n) is 9.16. The topological polar surface area (TPSA) is 73.1 Å². The Morgan fingerprint density at radius 1 is 1.56 bits per heavy atom. The van der Waals surface area contributed by atoms with Gasteiger partial charge in [-0.25, -0.2) is 0 Å². The van der Waals surface area contributed by atoms with Crippen LogP contribution in [0.4, 0.5) is 5.69 Å². The second-order valence-corrected chi connectivity index (χ2v) is 3.53. The molecule has 1 aromatic carbocycles. The van der Waals surface area contributed by atoms with Crippen molar-refractivity contribution in [3.8, 4) is 6.07 Å². The van der Waals surface area contributed by atoms with Crippen molar-refractivity contribution in [1.82, 2.24) is 0 Å². The molecule has 0 aromatic heterocycles. The van der Waals surface area contributed by atoms with Crippen LogP contribution in [0.1, 0.15) is 24.0 Å². The van der Waals surface area contributed by atoms with E-state index in [4.69, 9.17) is 10.4 Å². The molecule has 2 N–H and O–H groups in total. The van der Waals surface area contributed by atoms with Crippen LogP contribution < -0.4 is 5.32 Å². The van der Waals surface area contributed by atoms with Gasteiger partial charge in [-0.05, 0) is 25.0 Å². The van der Waals surface area contributed by atoms with Gasteiger partial charge in [0.15, 0.2) is 0 Å². The van der Waals surface area contributed by atoms with Gasteiger partial charge in [0.1, 0.15) is 6.07 Å². The third kappa shape index (κ3) is 3.28. The van der Waals surface area contributed by atoms with Gasteiger partial charge < -0.3 is 10.4 Å². The molecule has 0 saturated carbocycles. The van der Waals surface area contributed by atoms with Crippen molar-refractivity contribution >= 4 is 11.7 Å². The van der Waals surface area contributed by atoms with E-state index in [0.717, 1.165) is 11.3 Å². The number of hydrogen-bond donors (Lipinski definition) is 2. The molecule has 0 bridgehead atoms. The number of benzene rings is 1. The lowest BCUT2D eigenvalue weighted by atomic mass is 10.1. The van der Waals surface area contributed by atoms with Crippen LogP contribution in [0.15, 0.2) is 18.2 Å². The number of nitrogens with zero attached hydrogens (tertiary/aromatic N) is 1. The molecule has 0 aliphatic rings. The van der Waals surface area contributed by atoms with E-state index in [1.165, 1.54) is 0 Å². The fourth-order valence-corrected chi connectivity index (χ4v) is 1.43. The number of rotatable bonds is 5. The van der Waals surface area contributed by atoms with Crippen LogP contribution in [0.2, 0.25) is 0 Å². The van der Waals surface area contributed by atoms with E-state index in [0.29, 0.717) is 18.5 Å². The molecule has 0 amide bonds. The summed E-state index contributed by atoms with van der Waals surface area (Å²) < 4.78 is 0. The van der Waals surface area contributed by atoms with Gasteiger partial charge in [0.05, 0.1) is 11.3 Å². The Labute approximate surface area is 94.5 Å². The minimum Gasteiger partial charge on any atom is -0.481 e. The second-order valence-electron chi connectivity index (χ2n) is 3.53. The Bertz CT molecular complexity index is 422. The van der Waals surface area contributed by atoms with Gasteiger partial charge in [0.2, 0.25) is 0 Å². The van der Waals surface area contributed by atoms with Crippen LogP contribution in [0.3, 0.4) is 0 Å². The Morgan fingerprint density at radius 3 is 2.94 bits per heavy atom. The van der Waals surface area contributed by atoms with Crippen molar-refractivity contribution < 1.29 is 9.90 Å². The number of carboxylic acid groups (broad SMARTS) is 1. The van der Waals surface area contributed by atoms with Gasteiger partial charge in [-0.3, -0.25) is 4.79 Å². The first-order valence-corrected chi connectivity index (χ1v) is 5.10. The van der Waals surface area contributed by atoms with E-state index in [-0.39, 0.29) is 6.42 Å². The molecule has 0 unspecified atom stereocenters. The quantitative estimate of drug-likeness (QED) is 0.742. The van der Waals surface area contributed by atoms with Crippen LogP contribution in [0.25, 0.3) is 0 Å². The zero-order chi connectivity index (χ0) is 12.0. The molecule has 84 valence electrons. The van der Waals surface area contributed by atoms with Crippen molar-refractivity contribution in [2.24, 2.45) is 0 Å². The van der Waals surface area contributed by atoms with E-state index in [1.807, 2.05) is 25.1 Å². The van der Waals surface area contributed by atoms with Crippen molar-refractivity contribution in [2.45, 2.75) is 19.8 Å². The summed E-state index contributed by atoms with van der Waals surface area (Å²) in [6, 6.07) is 7.71. The SMILES string of the molecule is Cc1cccc(NCCCC(=O)O)c1C#N. The normalized spacial score (nSPS) is 9.50. The largest absolute Gasteiger partial charge is 0.481 e. The molecule has 16 heavy (non-hydrogen) atoms. The van der Waals surface area contributed by atoms with Gasteiger partial charge in [-0.1, -0.05) is 12.1 Å². The summed E-state index contributed by atoms with van der Waals surface area (Å²) >= 11 is 0. The molecule has 0 radical (unpaired) electrons. The van der Waals surface area contributed by atoms with Crippen LogP contribution in [0, 0.1) is 18.3 Å². The molecule has 0 aliphatic carbocycles. The third-order valence-electron chi connectivity index (χ3n) is 2.27. The molecule has 1 rings (SSSR count). The summed E-state index contributed by atoms with van der Waals surface area (Å²) in [4.78, 5) is 10.3. The number of carbonyl (C=O) groups is 1. The molecular formula is C12H14N2O2. The molecule has 4 heteroatoms. The van der Waals surface area contributed by atoms with Crippen LogP contribution in [-0.2, 0) is 4.79 Å². The Balaban J connectivity index is 2.58. The molecule has 0 aliphatic heterocycles. The maximum absolute atomic E-state index is 10.3. The minimum absolute atomic E-state index is 0.140. The standard InChI is InChI=1S/C12H14N2O2/c1-9-4-2-5-11(10(9)8-13)14-7-3-6-12(15)16/h2,4-5,14H,3,6-7H2,1H3,(H,15,16). The van der Waals surface area contributed by atoms with E-state index >= 15 is 0 Å². The fraction of sp³-hybridized carbons (Fsp3) is 0.333. The molecule has 0 atom stereocenters. The number of anilines is 1. The Hall–Kier alpha value is -2.02. The average Bonchev–Trinajstić information content (AvgIpc) is 2.24. The summed E-state index contributed by atoms with van der Waals surface area (Å²) in [5, 5.41) is 20.5. The number of carboxylic acids is 1. The fourth-order valence-electron chi connectivity index (χ4n) is 1.43. The molecule has 0 spiro atoms. The molecule has 4 nitrogen and oxygen atoms in total.